The van der Waals surface area contributed by atoms with Crippen molar-refractivity contribution in [3.8, 4) is 6.07 Å². The first kappa shape index (κ1) is 9.93. The fourth-order valence-electron chi connectivity index (χ4n) is 0.678. The predicted octanol–water partition coefficient (Wildman–Crippen LogP) is 0.762. The van der Waals surface area contributed by atoms with Crippen molar-refractivity contribution in [1.82, 2.24) is 9.32 Å². The summed E-state index contributed by atoms with van der Waals surface area (Å²) >= 11 is 0. The van der Waals surface area contributed by atoms with Gasteiger partial charge < -0.3 is 4.89 Å². The minimum atomic E-state index is -3.82. The lowest BCUT2D eigenvalue weighted by atomic mass is 10.5. The van der Waals surface area contributed by atoms with Gasteiger partial charge in [0.15, 0.2) is 0 Å². The quantitative estimate of drug-likeness (QED) is 0.573. The van der Waals surface area contributed by atoms with Gasteiger partial charge >= 0.3 is 7.75 Å². The first-order chi connectivity index (χ1) is 6.17. The minimum absolute atomic E-state index is 0.0670. The van der Waals surface area contributed by atoms with Crippen LogP contribution in [0.15, 0.2) is 18.7 Å². The van der Waals surface area contributed by atoms with Gasteiger partial charge in [-0.05, 0) is 0 Å². The molecule has 70 valence electrons. The van der Waals surface area contributed by atoms with Gasteiger partial charge in [-0.3, -0.25) is 4.52 Å². The number of aromatic nitrogens is 2. The Morgan fingerprint density at radius 3 is 3.08 bits per heavy atom. The standard InChI is InChI=1S/C6H8N3O3P/c7-2-1-5-12-13(10,11)9-4-3-8-6-9/h3-4,6H,1,5H2,(H,10,11). The summed E-state index contributed by atoms with van der Waals surface area (Å²) in [5.74, 6) is 0. The first-order valence-electron chi connectivity index (χ1n) is 3.50. The molecule has 0 aliphatic carbocycles. The summed E-state index contributed by atoms with van der Waals surface area (Å²) in [6.07, 6.45) is 3.97. The summed E-state index contributed by atoms with van der Waals surface area (Å²) in [6, 6.07) is 1.80. The van der Waals surface area contributed by atoms with Crippen molar-refractivity contribution in [3.05, 3.63) is 18.7 Å². The second-order valence-electron chi connectivity index (χ2n) is 2.17. The highest BCUT2D eigenvalue weighted by molar-refractivity contribution is 7.51. The summed E-state index contributed by atoms with van der Waals surface area (Å²) in [6.45, 7) is -0.0670. The molecule has 0 aliphatic heterocycles. The van der Waals surface area contributed by atoms with E-state index in [4.69, 9.17) is 5.26 Å². The van der Waals surface area contributed by atoms with Gasteiger partial charge in [0.2, 0.25) is 0 Å². The first-order valence-corrected chi connectivity index (χ1v) is 5.03. The maximum absolute atomic E-state index is 11.3. The lowest BCUT2D eigenvalue weighted by molar-refractivity contribution is 0.257. The molecule has 0 fully saturated rings. The van der Waals surface area contributed by atoms with E-state index in [1.807, 2.05) is 0 Å². The zero-order valence-electron chi connectivity index (χ0n) is 6.70. The number of hydrogen-bond donors (Lipinski definition) is 1. The van der Waals surface area contributed by atoms with Crippen LogP contribution in [0.1, 0.15) is 6.42 Å². The molecule has 0 amide bonds. The molecule has 0 aromatic carbocycles. The Hall–Kier alpha value is -1.15. The van der Waals surface area contributed by atoms with Gasteiger partial charge in [-0.15, -0.1) is 0 Å². The van der Waals surface area contributed by atoms with Crippen molar-refractivity contribution in [2.24, 2.45) is 0 Å². The molecule has 1 rings (SSSR count). The Bertz CT molecular complexity index is 343. The second kappa shape index (κ2) is 4.19. The Morgan fingerprint density at radius 1 is 1.77 bits per heavy atom. The summed E-state index contributed by atoms with van der Waals surface area (Å²) in [4.78, 5) is 12.9. The molecule has 0 aliphatic rings. The molecule has 1 unspecified atom stereocenters. The van der Waals surface area contributed by atoms with Gasteiger partial charge in [-0.2, -0.15) is 5.26 Å². The van der Waals surface area contributed by atoms with Crippen molar-refractivity contribution in [2.75, 3.05) is 6.61 Å². The minimum Gasteiger partial charge on any atom is -0.308 e. The Balaban J connectivity index is 2.58. The average molecular weight is 201 g/mol. The van der Waals surface area contributed by atoms with E-state index in [0.717, 1.165) is 4.34 Å². The summed E-state index contributed by atoms with van der Waals surface area (Å²) in [5.41, 5.74) is 0. The molecular formula is C6H8N3O3P. The average Bonchev–Trinajstić information content (AvgIpc) is 2.56. The predicted molar refractivity (Wildman–Crippen MR) is 43.6 cm³/mol. The summed E-state index contributed by atoms with van der Waals surface area (Å²) < 4.78 is 16.9. The Labute approximate surface area is 75.0 Å². The van der Waals surface area contributed by atoms with Crippen LogP contribution in [0.4, 0.5) is 0 Å². The zero-order valence-corrected chi connectivity index (χ0v) is 7.59. The van der Waals surface area contributed by atoms with Crippen molar-refractivity contribution in [3.63, 3.8) is 0 Å². The zero-order chi connectivity index (χ0) is 9.73. The van der Waals surface area contributed by atoms with E-state index in [-0.39, 0.29) is 13.0 Å². The molecule has 0 bridgehead atoms. The molecule has 1 aromatic heterocycles. The lowest BCUT2D eigenvalue weighted by Crippen LogP contribution is -1.99. The molecule has 0 saturated carbocycles. The van der Waals surface area contributed by atoms with E-state index in [1.165, 1.54) is 18.7 Å². The SMILES string of the molecule is N#CCCOP(=O)(O)n1ccnc1. The smallest absolute Gasteiger partial charge is 0.308 e. The third-order valence-corrected chi connectivity index (χ3v) is 2.59. The molecule has 7 heteroatoms. The van der Waals surface area contributed by atoms with Crippen LogP contribution in [0.5, 0.6) is 0 Å². The molecule has 0 spiro atoms. The topological polar surface area (TPSA) is 88.1 Å². The molecule has 1 heterocycles. The summed E-state index contributed by atoms with van der Waals surface area (Å²) in [7, 11) is -3.82. The van der Waals surface area contributed by atoms with Crippen molar-refractivity contribution in [1.29, 1.82) is 5.26 Å². The Morgan fingerprint density at radius 2 is 2.54 bits per heavy atom. The third-order valence-electron chi connectivity index (χ3n) is 1.26. The second-order valence-corrected chi connectivity index (χ2v) is 3.88. The van der Waals surface area contributed by atoms with Crippen LogP contribution in [0.25, 0.3) is 0 Å². The number of hydrogen-bond acceptors (Lipinski definition) is 4. The molecule has 0 radical (unpaired) electrons. The monoisotopic (exact) mass is 201 g/mol. The third kappa shape index (κ3) is 2.67. The van der Waals surface area contributed by atoms with Crippen LogP contribution in [0.3, 0.4) is 0 Å². The van der Waals surface area contributed by atoms with Crippen molar-refractivity contribution < 1.29 is 14.0 Å². The molecule has 1 aromatic rings. The number of rotatable bonds is 4. The normalized spacial score (nSPS) is 14.8. The molecule has 1 atom stereocenters. The highest BCUT2D eigenvalue weighted by Gasteiger charge is 2.20. The maximum atomic E-state index is 11.3. The fourth-order valence-corrected chi connectivity index (χ4v) is 1.56. The number of nitrogens with zero attached hydrogens (tertiary/aromatic N) is 3. The van der Waals surface area contributed by atoms with Gasteiger partial charge in [0.25, 0.3) is 0 Å². The van der Waals surface area contributed by atoms with E-state index in [0.29, 0.717) is 0 Å². The van der Waals surface area contributed by atoms with Gasteiger partial charge in [0.05, 0.1) is 19.1 Å². The maximum Gasteiger partial charge on any atom is 0.437 e. The van der Waals surface area contributed by atoms with E-state index >= 15 is 0 Å². The molecule has 13 heavy (non-hydrogen) atoms. The fraction of sp³-hybridized carbons (Fsp3) is 0.333. The van der Waals surface area contributed by atoms with Crippen molar-refractivity contribution in [2.45, 2.75) is 6.42 Å². The van der Waals surface area contributed by atoms with Crippen LogP contribution < -0.4 is 0 Å². The summed E-state index contributed by atoms with van der Waals surface area (Å²) in [5, 5.41) is 8.17. The number of imidazole rings is 1. The lowest BCUT2D eigenvalue weighted by Gasteiger charge is -2.10. The van der Waals surface area contributed by atoms with Crippen LogP contribution >= 0.6 is 7.75 Å². The molecule has 1 N–H and O–H groups in total. The molecule has 0 saturated heterocycles. The van der Waals surface area contributed by atoms with Crippen LogP contribution in [-0.4, -0.2) is 20.8 Å². The van der Waals surface area contributed by atoms with Crippen LogP contribution in [-0.2, 0) is 9.09 Å². The van der Waals surface area contributed by atoms with Crippen LogP contribution in [0, 0.1) is 11.3 Å². The highest BCUT2D eigenvalue weighted by atomic mass is 31.2. The van der Waals surface area contributed by atoms with Crippen molar-refractivity contribution >= 4 is 7.75 Å². The number of nitriles is 1. The van der Waals surface area contributed by atoms with Gasteiger partial charge in [-0.1, -0.05) is 0 Å². The van der Waals surface area contributed by atoms with Gasteiger partial charge in [-0.25, -0.2) is 13.9 Å². The van der Waals surface area contributed by atoms with Gasteiger partial charge in [0.1, 0.15) is 6.33 Å². The van der Waals surface area contributed by atoms with E-state index in [9.17, 15) is 9.46 Å². The van der Waals surface area contributed by atoms with E-state index in [1.54, 1.807) is 6.07 Å². The molecule has 6 nitrogen and oxygen atoms in total. The van der Waals surface area contributed by atoms with Gasteiger partial charge in [0, 0.05) is 12.4 Å². The largest absolute Gasteiger partial charge is 0.437 e. The van der Waals surface area contributed by atoms with E-state index < -0.39 is 7.75 Å². The highest BCUT2D eigenvalue weighted by Crippen LogP contribution is 2.42. The van der Waals surface area contributed by atoms with Crippen LogP contribution in [0.2, 0.25) is 0 Å². The molecular weight excluding hydrogens is 193 g/mol. The van der Waals surface area contributed by atoms with E-state index in [2.05, 4.69) is 9.51 Å². The Kier molecular flexibility index (Phi) is 3.20.